The minimum Gasteiger partial charge on any atom is -0.298 e. The summed E-state index contributed by atoms with van der Waals surface area (Å²) in [6.07, 6.45) is 5.45. The number of carbonyl (C=O) groups excluding carboxylic acids is 2. The van der Waals surface area contributed by atoms with Crippen LogP contribution in [0.2, 0.25) is 0 Å². The number of nitrogens with zero attached hydrogens (tertiary/aromatic N) is 1. The van der Waals surface area contributed by atoms with Gasteiger partial charge in [0, 0.05) is 24.6 Å². The third-order valence-corrected chi connectivity index (χ3v) is 6.92. The first kappa shape index (κ1) is 20.0. The number of Topliss-reactive ketones (excluding diaryl/α,β-unsaturated/α-hetero) is 2. The number of hydrogen-bond acceptors (Lipinski definition) is 4. The van der Waals surface area contributed by atoms with Crippen molar-refractivity contribution in [2.75, 3.05) is 12.8 Å². The highest BCUT2D eigenvalue weighted by molar-refractivity contribution is 7.88. The van der Waals surface area contributed by atoms with Crippen LogP contribution in [0.3, 0.4) is 0 Å². The lowest BCUT2D eigenvalue weighted by molar-refractivity contribution is -0.123. The summed E-state index contributed by atoms with van der Waals surface area (Å²) in [5.41, 5.74) is 4.28. The zero-order valence-corrected chi connectivity index (χ0v) is 17.2. The highest BCUT2D eigenvalue weighted by Crippen LogP contribution is 2.37. The Kier molecular flexibility index (Phi) is 5.41. The van der Waals surface area contributed by atoms with E-state index in [1.807, 2.05) is 32.9 Å². The van der Waals surface area contributed by atoms with E-state index >= 15 is 0 Å². The smallest absolute Gasteiger partial charge is 0.211 e. The van der Waals surface area contributed by atoms with Crippen LogP contribution in [0.25, 0.3) is 0 Å². The molecular formula is C21H27NO4S. The van der Waals surface area contributed by atoms with Crippen LogP contribution in [0.15, 0.2) is 23.8 Å². The molecule has 0 amide bonds. The van der Waals surface area contributed by atoms with Crippen LogP contribution in [0, 0.1) is 20.8 Å². The van der Waals surface area contributed by atoms with Crippen molar-refractivity contribution in [2.45, 2.75) is 58.4 Å². The molecule has 1 heterocycles. The van der Waals surface area contributed by atoms with Gasteiger partial charge in [-0.2, -0.15) is 4.31 Å². The molecule has 1 aromatic carbocycles. The van der Waals surface area contributed by atoms with Crippen LogP contribution < -0.4 is 0 Å². The summed E-state index contributed by atoms with van der Waals surface area (Å²) in [4.78, 5) is 25.8. The van der Waals surface area contributed by atoms with Crippen LogP contribution >= 0.6 is 0 Å². The summed E-state index contributed by atoms with van der Waals surface area (Å²) >= 11 is 0. The fourth-order valence-electron chi connectivity index (χ4n) is 4.53. The summed E-state index contributed by atoms with van der Waals surface area (Å²) in [5.74, 6) is -1.02. The number of hydrogen-bond donors (Lipinski definition) is 0. The molecule has 0 N–H and O–H groups in total. The van der Waals surface area contributed by atoms with Gasteiger partial charge < -0.3 is 0 Å². The zero-order chi connectivity index (χ0) is 19.9. The van der Waals surface area contributed by atoms with Crippen LogP contribution in [0.5, 0.6) is 0 Å². The van der Waals surface area contributed by atoms with E-state index in [-0.39, 0.29) is 24.0 Å². The van der Waals surface area contributed by atoms with E-state index in [1.165, 1.54) is 10.6 Å². The number of carbonyl (C=O) groups is 2. The number of rotatable bonds is 3. The third-order valence-electron chi connectivity index (χ3n) is 5.61. The fraction of sp³-hybridized carbons (Fsp3) is 0.524. The molecule has 1 aliphatic carbocycles. The molecule has 1 saturated heterocycles. The highest BCUT2D eigenvalue weighted by Gasteiger charge is 2.40. The normalized spacial score (nSPS) is 26.1. The molecule has 2 unspecified atom stereocenters. The molecule has 0 bridgehead atoms. The highest BCUT2D eigenvalue weighted by atomic mass is 32.2. The molecule has 2 fully saturated rings. The topological polar surface area (TPSA) is 71.5 Å². The molecule has 0 aromatic heterocycles. The van der Waals surface area contributed by atoms with Gasteiger partial charge in [-0.3, -0.25) is 9.59 Å². The first-order valence-electron chi connectivity index (χ1n) is 9.41. The van der Waals surface area contributed by atoms with Crippen LogP contribution in [0.1, 0.15) is 53.9 Å². The number of aryl methyl sites for hydroxylation is 3. The number of benzene rings is 1. The SMILES string of the molecule is Cc1cc(C)c(C2C(=O)CC(=CC3CCCCN3S(C)(=O)=O)C2=O)c(C)c1. The summed E-state index contributed by atoms with van der Waals surface area (Å²) in [7, 11) is -3.34. The molecule has 0 radical (unpaired) electrons. The Morgan fingerprint density at radius 3 is 2.30 bits per heavy atom. The minimum absolute atomic E-state index is 0.0877. The summed E-state index contributed by atoms with van der Waals surface area (Å²) in [5, 5.41) is 0. The largest absolute Gasteiger partial charge is 0.298 e. The molecule has 1 aliphatic heterocycles. The van der Waals surface area contributed by atoms with E-state index in [0.29, 0.717) is 18.5 Å². The Hall–Kier alpha value is -1.79. The van der Waals surface area contributed by atoms with Crippen molar-refractivity contribution >= 4 is 21.6 Å². The van der Waals surface area contributed by atoms with Crippen molar-refractivity contribution in [3.63, 3.8) is 0 Å². The molecule has 27 heavy (non-hydrogen) atoms. The second-order valence-corrected chi connectivity index (χ2v) is 9.82. The number of ketones is 2. The Morgan fingerprint density at radius 2 is 1.70 bits per heavy atom. The minimum atomic E-state index is -3.34. The van der Waals surface area contributed by atoms with E-state index < -0.39 is 15.9 Å². The molecule has 2 atom stereocenters. The van der Waals surface area contributed by atoms with Crippen molar-refractivity contribution in [1.29, 1.82) is 0 Å². The van der Waals surface area contributed by atoms with Crippen LogP contribution in [-0.4, -0.2) is 43.1 Å². The van der Waals surface area contributed by atoms with Gasteiger partial charge >= 0.3 is 0 Å². The average Bonchev–Trinajstić information content (AvgIpc) is 2.81. The van der Waals surface area contributed by atoms with Gasteiger partial charge in [-0.1, -0.05) is 30.2 Å². The van der Waals surface area contributed by atoms with Crippen molar-refractivity contribution in [2.24, 2.45) is 0 Å². The molecule has 146 valence electrons. The summed E-state index contributed by atoms with van der Waals surface area (Å²) in [6, 6.07) is 3.66. The van der Waals surface area contributed by atoms with E-state index in [0.717, 1.165) is 35.1 Å². The lowest BCUT2D eigenvalue weighted by Crippen LogP contribution is -2.42. The van der Waals surface area contributed by atoms with Crippen LogP contribution in [0.4, 0.5) is 0 Å². The molecule has 2 aliphatic rings. The first-order chi connectivity index (χ1) is 12.6. The van der Waals surface area contributed by atoms with Gasteiger partial charge in [-0.15, -0.1) is 0 Å². The monoisotopic (exact) mass is 389 g/mol. The molecule has 5 nitrogen and oxygen atoms in total. The summed E-state index contributed by atoms with van der Waals surface area (Å²) < 4.78 is 25.6. The van der Waals surface area contributed by atoms with Gasteiger partial charge in [0.05, 0.1) is 6.26 Å². The van der Waals surface area contributed by atoms with E-state index in [1.54, 1.807) is 6.08 Å². The fourth-order valence-corrected chi connectivity index (χ4v) is 5.65. The zero-order valence-electron chi connectivity index (χ0n) is 16.4. The quantitative estimate of drug-likeness (QED) is 0.589. The van der Waals surface area contributed by atoms with Gasteiger partial charge in [-0.05, 0) is 50.3 Å². The molecular weight excluding hydrogens is 362 g/mol. The lowest BCUT2D eigenvalue weighted by atomic mass is 9.87. The number of allylic oxidation sites excluding steroid dienone is 1. The van der Waals surface area contributed by atoms with Crippen molar-refractivity contribution in [1.82, 2.24) is 4.31 Å². The Balaban J connectivity index is 1.96. The first-order valence-corrected chi connectivity index (χ1v) is 11.3. The van der Waals surface area contributed by atoms with Crippen LogP contribution in [-0.2, 0) is 19.6 Å². The Labute approximate surface area is 161 Å². The molecule has 3 rings (SSSR count). The summed E-state index contributed by atoms with van der Waals surface area (Å²) in [6.45, 7) is 6.33. The van der Waals surface area contributed by atoms with Gasteiger partial charge in [0.2, 0.25) is 10.0 Å². The standard InChI is InChI=1S/C21H27NO4S/c1-13-9-14(2)19(15(3)10-13)20-18(23)12-16(21(20)24)11-17-7-5-6-8-22(17)27(4,25)26/h9-11,17,20H,5-8,12H2,1-4H3. The predicted octanol–water partition coefficient (Wildman–Crippen LogP) is 2.98. The Morgan fingerprint density at radius 1 is 1.07 bits per heavy atom. The van der Waals surface area contributed by atoms with Gasteiger partial charge in [-0.25, -0.2) is 8.42 Å². The van der Waals surface area contributed by atoms with Gasteiger partial charge in [0.15, 0.2) is 11.6 Å². The van der Waals surface area contributed by atoms with Crippen molar-refractivity contribution < 1.29 is 18.0 Å². The maximum Gasteiger partial charge on any atom is 0.211 e. The molecule has 1 saturated carbocycles. The maximum absolute atomic E-state index is 13.1. The van der Waals surface area contributed by atoms with Gasteiger partial charge in [0.25, 0.3) is 0 Å². The average molecular weight is 390 g/mol. The van der Waals surface area contributed by atoms with E-state index in [9.17, 15) is 18.0 Å². The van der Waals surface area contributed by atoms with Gasteiger partial charge in [0.1, 0.15) is 5.92 Å². The maximum atomic E-state index is 13.1. The number of sulfonamides is 1. The van der Waals surface area contributed by atoms with Crippen molar-refractivity contribution in [3.05, 3.63) is 46.0 Å². The van der Waals surface area contributed by atoms with E-state index in [4.69, 9.17) is 0 Å². The second-order valence-electron chi connectivity index (χ2n) is 7.88. The third kappa shape index (κ3) is 3.92. The second kappa shape index (κ2) is 7.32. The number of piperidine rings is 1. The van der Waals surface area contributed by atoms with E-state index in [2.05, 4.69) is 0 Å². The molecule has 6 heteroatoms. The Bertz CT molecular complexity index is 906. The molecule has 1 aromatic rings. The lowest BCUT2D eigenvalue weighted by Gasteiger charge is -2.32. The predicted molar refractivity (Wildman–Crippen MR) is 105 cm³/mol. The molecule has 0 spiro atoms. The van der Waals surface area contributed by atoms with Crippen molar-refractivity contribution in [3.8, 4) is 0 Å².